The molecule has 1 aliphatic heterocycles. The first-order valence-electron chi connectivity index (χ1n) is 12.2. The first-order chi connectivity index (χ1) is 17.0. The highest BCUT2D eigenvalue weighted by atomic mass is 16.5. The van der Waals surface area contributed by atoms with Gasteiger partial charge in [-0.1, -0.05) is 58.6 Å². The lowest BCUT2D eigenvalue weighted by Gasteiger charge is -2.39. The Morgan fingerprint density at radius 2 is 1.78 bits per heavy atom. The van der Waals surface area contributed by atoms with Crippen molar-refractivity contribution in [3.8, 4) is 0 Å². The Balaban J connectivity index is 1.57. The highest BCUT2D eigenvalue weighted by Crippen LogP contribution is 2.39. The Bertz CT molecular complexity index is 1080. The number of benzene rings is 1. The smallest absolute Gasteiger partial charge is 0.354 e. The van der Waals surface area contributed by atoms with Crippen molar-refractivity contribution in [2.24, 2.45) is 11.3 Å². The van der Waals surface area contributed by atoms with E-state index in [0.29, 0.717) is 12.1 Å². The number of carbonyl (C=O) groups excluding carboxylic acids is 4. The topological polar surface area (TPSA) is 105 Å². The summed E-state index contributed by atoms with van der Waals surface area (Å²) in [5.74, 6) is -1.37. The summed E-state index contributed by atoms with van der Waals surface area (Å²) in [4.78, 5) is 49.8. The van der Waals surface area contributed by atoms with Crippen molar-refractivity contribution in [3.63, 3.8) is 0 Å². The van der Waals surface area contributed by atoms with E-state index in [2.05, 4.69) is 44.6 Å². The SMILES string of the molecule is C=C(NC(=O)C(=C)N1C/C(=C\c2ccc(NC=O)cc2)CC1=O)C(=O)OC1CCCCC1C(C)(C)C. The lowest BCUT2D eigenvalue weighted by Crippen LogP contribution is -2.40. The minimum Gasteiger partial charge on any atom is -0.457 e. The van der Waals surface area contributed by atoms with Crippen molar-refractivity contribution < 1.29 is 23.9 Å². The predicted octanol–water partition coefficient (Wildman–Crippen LogP) is 4.16. The van der Waals surface area contributed by atoms with Crippen molar-refractivity contribution in [3.05, 3.63) is 60.0 Å². The number of rotatable bonds is 8. The molecule has 0 bridgehead atoms. The number of esters is 1. The van der Waals surface area contributed by atoms with Gasteiger partial charge < -0.3 is 20.3 Å². The molecule has 2 atom stereocenters. The average molecular weight is 494 g/mol. The first kappa shape index (κ1) is 26.9. The van der Waals surface area contributed by atoms with Crippen LogP contribution in [0.4, 0.5) is 5.69 Å². The molecule has 1 aromatic rings. The molecule has 1 saturated carbocycles. The summed E-state index contributed by atoms with van der Waals surface area (Å²) >= 11 is 0. The van der Waals surface area contributed by atoms with E-state index < -0.39 is 11.9 Å². The van der Waals surface area contributed by atoms with Gasteiger partial charge in [-0.25, -0.2) is 4.79 Å². The number of ether oxygens (including phenoxy) is 1. The van der Waals surface area contributed by atoms with E-state index in [1.54, 1.807) is 12.1 Å². The molecule has 192 valence electrons. The third-order valence-electron chi connectivity index (χ3n) is 6.72. The van der Waals surface area contributed by atoms with Crippen LogP contribution in [-0.4, -0.2) is 41.7 Å². The van der Waals surface area contributed by atoms with Crippen LogP contribution >= 0.6 is 0 Å². The summed E-state index contributed by atoms with van der Waals surface area (Å²) in [7, 11) is 0. The van der Waals surface area contributed by atoms with Crippen molar-refractivity contribution in [2.45, 2.75) is 59.0 Å². The fourth-order valence-electron chi connectivity index (χ4n) is 4.78. The number of nitrogens with one attached hydrogen (secondary N) is 2. The van der Waals surface area contributed by atoms with Crippen LogP contribution in [0.25, 0.3) is 6.08 Å². The highest BCUT2D eigenvalue weighted by molar-refractivity contribution is 6.03. The van der Waals surface area contributed by atoms with Gasteiger partial charge in [0.05, 0.1) is 6.42 Å². The number of nitrogens with zero attached hydrogens (tertiary/aromatic N) is 1. The number of carbonyl (C=O) groups is 4. The second-order valence-electron chi connectivity index (χ2n) is 10.4. The zero-order valence-corrected chi connectivity index (χ0v) is 21.3. The van der Waals surface area contributed by atoms with Gasteiger partial charge in [-0.3, -0.25) is 14.4 Å². The van der Waals surface area contributed by atoms with Gasteiger partial charge in [0, 0.05) is 18.2 Å². The Morgan fingerprint density at radius 1 is 1.11 bits per heavy atom. The lowest BCUT2D eigenvalue weighted by molar-refractivity contribution is -0.152. The van der Waals surface area contributed by atoms with E-state index in [1.165, 1.54) is 4.90 Å². The molecule has 2 N–H and O–H groups in total. The summed E-state index contributed by atoms with van der Waals surface area (Å²) in [6.07, 6.45) is 6.27. The minimum atomic E-state index is -0.674. The molecule has 3 amide bonds. The molecule has 2 aliphatic rings. The third kappa shape index (κ3) is 6.71. The van der Waals surface area contributed by atoms with Crippen LogP contribution in [0.3, 0.4) is 0 Å². The van der Waals surface area contributed by atoms with Crippen LogP contribution in [0, 0.1) is 11.3 Å². The molecule has 0 radical (unpaired) electrons. The van der Waals surface area contributed by atoms with Crippen LogP contribution in [0.2, 0.25) is 0 Å². The molecule has 36 heavy (non-hydrogen) atoms. The van der Waals surface area contributed by atoms with E-state index in [-0.39, 0.29) is 47.7 Å². The summed E-state index contributed by atoms with van der Waals surface area (Å²) in [5.41, 5.74) is 2.10. The molecule has 2 unspecified atom stereocenters. The van der Waals surface area contributed by atoms with Gasteiger partial charge >= 0.3 is 5.97 Å². The van der Waals surface area contributed by atoms with E-state index in [4.69, 9.17) is 4.74 Å². The van der Waals surface area contributed by atoms with Gasteiger partial charge in [-0.15, -0.1) is 0 Å². The van der Waals surface area contributed by atoms with E-state index >= 15 is 0 Å². The maximum Gasteiger partial charge on any atom is 0.354 e. The number of likely N-dealkylation sites (tertiary alicyclic amines) is 1. The molecule has 8 nitrogen and oxygen atoms in total. The third-order valence-corrected chi connectivity index (χ3v) is 6.72. The van der Waals surface area contributed by atoms with Crippen LogP contribution in [0.15, 0.2) is 54.4 Å². The van der Waals surface area contributed by atoms with E-state index in [9.17, 15) is 19.2 Å². The molecule has 1 aromatic carbocycles. The molecule has 0 aromatic heterocycles. The molecule has 3 rings (SSSR count). The summed E-state index contributed by atoms with van der Waals surface area (Å²) in [6, 6.07) is 7.14. The molecule has 1 saturated heterocycles. The fraction of sp³-hybridized carbons (Fsp3) is 0.429. The Hall–Kier alpha value is -3.68. The zero-order valence-electron chi connectivity index (χ0n) is 21.3. The van der Waals surface area contributed by atoms with Gasteiger partial charge in [0.1, 0.15) is 17.5 Å². The first-order valence-corrected chi connectivity index (χ1v) is 12.2. The molecule has 0 spiro atoms. The second-order valence-corrected chi connectivity index (χ2v) is 10.4. The van der Waals surface area contributed by atoms with Gasteiger partial charge in [-0.2, -0.15) is 0 Å². The van der Waals surface area contributed by atoms with E-state index in [0.717, 1.165) is 36.8 Å². The lowest BCUT2D eigenvalue weighted by atomic mass is 9.70. The van der Waals surface area contributed by atoms with Gasteiger partial charge in [0.2, 0.25) is 12.3 Å². The van der Waals surface area contributed by atoms with Crippen LogP contribution in [0.5, 0.6) is 0 Å². The monoisotopic (exact) mass is 493 g/mol. The predicted molar refractivity (Wildman–Crippen MR) is 138 cm³/mol. The molecule has 8 heteroatoms. The second kappa shape index (κ2) is 11.4. The van der Waals surface area contributed by atoms with Crippen molar-refractivity contribution >= 4 is 36.0 Å². The van der Waals surface area contributed by atoms with Crippen LogP contribution in [-0.2, 0) is 23.9 Å². The summed E-state index contributed by atoms with van der Waals surface area (Å²) in [5, 5.41) is 5.01. The molecular formula is C28H35N3O5. The standard InChI is InChI=1S/C28H35N3O5/c1-18(27(35)36-24-9-7-6-8-23(24)28(3,4)5)30-26(34)19(2)31-16-21(15-25(31)33)14-20-10-12-22(13-11-20)29-17-32/h10-14,17,23-24H,1-2,6-9,15-16H2,3-5H3,(H,29,32)(H,30,34)/b21-14-. The van der Waals surface area contributed by atoms with Crippen molar-refractivity contribution in [1.29, 1.82) is 0 Å². The zero-order chi connectivity index (χ0) is 26.5. The maximum absolute atomic E-state index is 12.7. The largest absolute Gasteiger partial charge is 0.457 e. The van der Waals surface area contributed by atoms with Gasteiger partial charge in [0.25, 0.3) is 5.91 Å². The minimum absolute atomic E-state index is 0.0000131. The van der Waals surface area contributed by atoms with Crippen LogP contribution < -0.4 is 10.6 Å². The quantitative estimate of drug-likeness (QED) is 0.321. The van der Waals surface area contributed by atoms with Gasteiger partial charge in [-0.05, 0) is 47.9 Å². The number of hydrogen-bond acceptors (Lipinski definition) is 5. The molecule has 2 fully saturated rings. The molecule has 1 aliphatic carbocycles. The molecule has 1 heterocycles. The number of anilines is 1. The number of hydrogen-bond donors (Lipinski definition) is 2. The van der Waals surface area contributed by atoms with Crippen molar-refractivity contribution in [2.75, 3.05) is 11.9 Å². The van der Waals surface area contributed by atoms with Crippen molar-refractivity contribution in [1.82, 2.24) is 10.2 Å². The Labute approximate surface area is 212 Å². The Kier molecular flexibility index (Phi) is 8.50. The molecular weight excluding hydrogens is 458 g/mol. The normalized spacial score (nSPS) is 21.1. The number of amides is 3. The maximum atomic E-state index is 12.7. The highest BCUT2D eigenvalue weighted by Gasteiger charge is 2.37. The average Bonchev–Trinajstić information content (AvgIpc) is 3.19. The van der Waals surface area contributed by atoms with Crippen LogP contribution in [0.1, 0.15) is 58.4 Å². The van der Waals surface area contributed by atoms with E-state index in [1.807, 2.05) is 18.2 Å². The fourth-order valence-corrected chi connectivity index (χ4v) is 4.78. The summed E-state index contributed by atoms with van der Waals surface area (Å²) in [6.45, 7) is 14.1. The van der Waals surface area contributed by atoms with Gasteiger partial charge in [0.15, 0.2) is 0 Å². The summed E-state index contributed by atoms with van der Waals surface area (Å²) < 4.78 is 5.73. The Morgan fingerprint density at radius 3 is 2.42 bits per heavy atom.